The number of hydrogen-bond donors (Lipinski definition) is 1. The number of allylic oxidation sites excluding steroid dienone is 1. The van der Waals surface area contributed by atoms with E-state index in [-0.39, 0.29) is 11.5 Å². The molecule has 1 atom stereocenters. The molecule has 1 heterocycles. The van der Waals surface area contributed by atoms with Gasteiger partial charge in [-0.2, -0.15) is 0 Å². The SMILES string of the molecule is CCc1ccc(C(=C[C@H]2CCC(=O)C2)c2ccc(SC3CC3)cc2)[nH]c1=O. The maximum atomic E-state index is 12.3. The van der Waals surface area contributed by atoms with E-state index in [0.29, 0.717) is 18.6 Å². The number of carbonyl (C=O) groups excluding carboxylic acids is 1. The molecular formula is C23H25NO2S. The molecule has 140 valence electrons. The number of H-pyrrole nitrogens is 1. The van der Waals surface area contributed by atoms with Crippen LogP contribution < -0.4 is 5.56 Å². The zero-order chi connectivity index (χ0) is 18.8. The lowest BCUT2D eigenvalue weighted by molar-refractivity contribution is -0.117. The second-order valence-electron chi connectivity index (χ2n) is 7.54. The molecule has 1 aromatic carbocycles. The topological polar surface area (TPSA) is 49.9 Å². The van der Waals surface area contributed by atoms with Gasteiger partial charge in [0.05, 0.1) is 0 Å². The third kappa shape index (κ3) is 4.44. The summed E-state index contributed by atoms with van der Waals surface area (Å²) in [5.41, 5.74) is 3.72. The Balaban J connectivity index is 1.69. The fraction of sp³-hybridized carbons (Fsp3) is 0.391. The van der Waals surface area contributed by atoms with Gasteiger partial charge in [0, 0.05) is 39.8 Å². The number of aryl methyl sites for hydroxylation is 1. The second kappa shape index (κ2) is 7.89. The summed E-state index contributed by atoms with van der Waals surface area (Å²) in [5, 5.41) is 0.785. The van der Waals surface area contributed by atoms with Crippen molar-refractivity contribution in [2.75, 3.05) is 0 Å². The molecule has 2 aliphatic rings. The van der Waals surface area contributed by atoms with Gasteiger partial charge in [-0.3, -0.25) is 9.59 Å². The van der Waals surface area contributed by atoms with Gasteiger partial charge in [0.25, 0.3) is 5.56 Å². The van der Waals surface area contributed by atoms with E-state index >= 15 is 0 Å². The molecule has 1 N–H and O–H groups in total. The highest BCUT2D eigenvalue weighted by Crippen LogP contribution is 2.39. The number of benzene rings is 1. The minimum absolute atomic E-state index is 0.0238. The molecule has 1 aromatic heterocycles. The molecule has 0 spiro atoms. The summed E-state index contributed by atoms with van der Waals surface area (Å²) in [4.78, 5) is 28.4. The first kappa shape index (κ1) is 18.3. The van der Waals surface area contributed by atoms with Crippen LogP contribution in [0.25, 0.3) is 5.57 Å². The fourth-order valence-corrected chi connectivity index (χ4v) is 4.64. The van der Waals surface area contributed by atoms with Crippen molar-refractivity contribution in [1.82, 2.24) is 4.98 Å². The van der Waals surface area contributed by atoms with Crippen molar-refractivity contribution < 1.29 is 4.79 Å². The molecule has 0 unspecified atom stereocenters. The summed E-state index contributed by atoms with van der Waals surface area (Å²) >= 11 is 1.94. The predicted octanol–water partition coefficient (Wildman–Crippen LogP) is 4.99. The van der Waals surface area contributed by atoms with Crippen LogP contribution in [0.5, 0.6) is 0 Å². The first-order chi connectivity index (χ1) is 13.1. The van der Waals surface area contributed by atoms with Crippen LogP contribution in [-0.2, 0) is 11.2 Å². The molecule has 0 aliphatic heterocycles. The van der Waals surface area contributed by atoms with Crippen LogP contribution >= 0.6 is 11.8 Å². The fourth-order valence-electron chi connectivity index (χ4n) is 3.59. The van der Waals surface area contributed by atoms with Gasteiger partial charge in [-0.15, -0.1) is 11.8 Å². The van der Waals surface area contributed by atoms with Gasteiger partial charge in [-0.25, -0.2) is 0 Å². The number of ketones is 1. The third-order valence-corrected chi connectivity index (χ3v) is 6.69. The van der Waals surface area contributed by atoms with E-state index in [1.807, 2.05) is 30.8 Å². The summed E-state index contributed by atoms with van der Waals surface area (Å²) in [6, 6.07) is 12.5. The van der Waals surface area contributed by atoms with E-state index in [2.05, 4.69) is 35.3 Å². The van der Waals surface area contributed by atoms with Crippen molar-refractivity contribution in [3.8, 4) is 0 Å². The lowest BCUT2D eigenvalue weighted by Gasteiger charge is -2.13. The molecule has 0 bridgehead atoms. The van der Waals surface area contributed by atoms with Crippen LogP contribution in [0.3, 0.4) is 0 Å². The molecule has 0 radical (unpaired) electrons. The monoisotopic (exact) mass is 379 g/mol. The highest BCUT2D eigenvalue weighted by molar-refractivity contribution is 8.00. The number of nitrogens with one attached hydrogen (secondary N) is 1. The first-order valence-corrected chi connectivity index (χ1v) is 10.7. The predicted molar refractivity (Wildman–Crippen MR) is 111 cm³/mol. The van der Waals surface area contributed by atoms with Crippen LogP contribution in [0.2, 0.25) is 0 Å². The van der Waals surface area contributed by atoms with Crippen molar-refractivity contribution in [1.29, 1.82) is 0 Å². The Labute approximate surface area is 164 Å². The Morgan fingerprint density at radius 2 is 1.89 bits per heavy atom. The highest BCUT2D eigenvalue weighted by Gasteiger charge is 2.23. The minimum Gasteiger partial charge on any atom is -0.322 e. The number of aromatic amines is 1. The second-order valence-corrected chi connectivity index (χ2v) is 8.92. The Morgan fingerprint density at radius 3 is 2.48 bits per heavy atom. The number of aromatic nitrogens is 1. The summed E-state index contributed by atoms with van der Waals surface area (Å²) in [5.74, 6) is 0.587. The largest absolute Gasteiger partial charge is 0.322 e. The van der Waals surface area contributed by atoms with Crippen molar-refractivity contribution in [3.63, 3.8) is 0 Å². The Morgan fingerprint density at radius 1 is 1.11 bits per heavy atom. The molecule has 2 aromatic rings. The maximum Gasteiger partial charge on any atom is 0.251 e. The van der Waals surface area contributed by atoms with Crippen LogP contribution in [0, 0.1) is 5.92 Å². The van der Waals surface area contributed by atoms with Gasteiger partial charge < -0.3 is 4.98 Å². The van der Waals surface area contributed by atoms with E-state index in [1.54, 1.807) is 0 Å². The molecule has 4 heteroatoms. The van der Waals surface area contributed by atoms with Gasteiger partial charge in [-0.1, -0.05) is 31.2 Å². The normalized spacial score (nSPS) is 20.3. The van der Waals surface area contributed by atoms with Crippen molar-refractivity contribution in [2.24, 2.45) is 5.92 Å². The molecule has 2 fully saturated rings. The number of hydrogen-bond acceptors (Lipinski definition) is 3. The zero-order valence-corrected chi connectivity index (χ0v) is 16.5. The van der Waals surface area contributed by atoms with Crippen LogP contribution in [0.15, 0.2) is 52.2 Å². The number of rotatable bonds is 6. The molecular weight excluding hydrogens is 354 g/mol. The summed E-state index contributed by atoms with van der Waals surface area (Å²) in [6.07, 6.45) is 7.71. The Bertz CT molecular complexity index is 922. The van der Waals surface area contributed by atoms with Crippen LogP contribution in [0.4, 0.5) is 0 Å². The lowest BCUT2D eigenvalue weighted by Crippen LogP contribution is -2.13. The Hall–Kier alpha value is -2.07. The number of carbonyl (C=O) groups is 1. The standard InChI is InChI=1S/C23H25NO2S/c1-2-16-6-12-22(24-23(16)26)21(14-15-3-7-18(25)13-15)17-4-8-19(9-5-17)27-20-10-11-20/h4-6,8-9,12,14-15,20H,2-3,7,10-11,13H2,1H3,(H,24,26)/t15-/m0/s1. The van der Waals surface area contributed by atoms with E-state index in [9.17, 15) is 9.59 Å². The zero-order valence-electron chi connectivity index (χ0n) is 15.7. The average molecular weight is 380 g/mol. The highest BCUT2D eigenvalue weighted by atomic mass is 32.2. The minimum atomic E-state index is -0.0238. The number of pyridine rings is 1. The lowest BCUT2D eigenvalue weighted by atomic mass is 9.95. The summed E-state index contributed by atoms with van der Waals surface area (Å²) in [7, 11) is 0. The Kier molecular flexibility index (Phi) is 5.35. The maximum absolute atomic E-state index is 12.3. The van der Waals surface area contributed by atoms with E-state index in [0.717, 1.165) is 40.5 Å². The van der Waals surface area contributed by atoms with Crippen molar-refractivity contribution in [2.45, 2.75) is 55.6 Å². The van der Waals surface area contributed by atoms with E-state index in [1.165, 1.54) is 17.7 Å². The van der Waals surface area contributed by atoms with Crippen LogP contribution in [-0.4, -0.2) is 16.0 Å². The van der Waals surface area contributed by atoms with E-state index < -0.39 is 0 Å². The van der Waals surface area contributed by atoms with E-state index in [4.69, 9.17) is 0 Å². The van der Waals surface area contributed by atoms with Crippen molar-refractivity contribution in [3.05, 3.63) is 69.6 Å². The molecule has 0 amide bonds. The molecule has 4 rings (SSSR count). The molecule has 3 nitrogen and oxygen atoms in total. The van der Waals surface area contributed by atoms with Gasteiger partial charge in [0.1, 0.15) is 5.78 Å². The quantitative estimate of drug-likeness (QED) is 0.769. The average Bonchev–Trinajstić information content (AvgIpc) is 3.39. The summed E-state index contributed by atoms with van der Waals surface area (Å²) < 4.78 is 0. The molecule has 2 saturated carbocycles. The summed E-state index contributed by atoms with van der Waals surface area (Å²) in [6.45, 7) is 1.99. The van der Waals surface area contributed by atoms with Gasteiger partial charge >= 0.3 is 0 Å². The van der Waals surface area contributed by atoms with Gasteiger partial charge in [0.2, 0.25) is 0 Å². The molecule has 2 aliphatic carbocycles. The smallest absolute Gasteiger partial charge is 0.251 e. The molecule has 27 heavy (non-hydrogen) atoms. The third-order valence-electron chi connectivity index (χ3n) is 5.34. The van der Waals surface area contributed by atoms with Crippen LogP contribution in [0.1, 0.15) is 55.8 Å². The van der Waals surface area contributed by atoms with Gasteiger partial charge in [-0.05, 0) is 55.4 Å². The van der Waals surface area contributed by atoms with Gasteiger partial charge in [0.15, 0.2) is 0 Å². The molecule has 0 saturated heterocycles. The number of thioether (sulfide) groups is 1. The first-order valence-electron chi connectivity index (χ1n) is 9.85. The van der Waals surface area contributed by atoms with Crippen molar-refractivity contribution >= 4 is 23.1 Å². The number of Topliss-reactive ketones (excluding diaryl/α,β-unsaturated/α-hetero) is 1.